The van der Waals surface area contributed by atoms with Crippen molar-refractivity contribution in [2.45, 2.75) is 12.5 Å². The van der Waals surface area contributed by atoms with Crippen LogP contribution < -0.4 is 16.0 Å². The molecular weight excluding hydrogens is 222 g/mol. The van der Waals surface area contributed by atoms with Crippen molar-refractivity contribution in [1.29, 1.82) is 0 Å². The minimum atomic E-state index is -1.12. The summed E-state index contributed by atoms with van der Waals surface area (Å²) in [6.07, 6.45) is 0.0109. The lowest BCUT2D eigenvalue weighted by Gasteiger charge is -2.14. The van der Waals surface area contributed by atoms with E-state index in [0.717, 1.165) is 0 Å². The maximum absolute atomic E-state index is 11.7. The number of hydrogen-bond donors (Lipinski definition) is 3. The quantitative estimate of drug-likeness (QED) is 0.589. The Morgan fingerprint density at radius 2 is 1.94 bits per heavy atom. The molecule has 86 valence electrons. The molecule has 1 rings (SSSR count). The Kier molecular flexibility index (Phi) is 4.81. The molecular formula is C10H15N3O2Si. The van der Waals surface area contributed by atoms with Crippen molar-refractivity contribution in [3.63, 3.8) is 0 Å². The Balaban J connectivity index is 2.59. The molecule has 6 heteroatoms. The topological polar surface area (TPSA) is 84.2 Å². The third-order valence-corrected chi connectivity index (χ3v) is 3.75. The van der Waals surface area contributed by atoms with Gasteiger partial charge in [-0.2, -0.15) is 0 Å². The first-order valence-corrected chi connectivity index (χ1v) is 6.60. The molecule has 0 bridgehead atoms. The Hall–Kier alpha value is -1.53. The van der Waals surface area contributed by atoms with Gasteiger partial charge in [0, 0.05) is 0 Å². The minimum absolute atomic E-state index is 0.0109. The molecule has 4 N–H and O–H groups in total. The van der Waals surface area contributed by atoms with Gasteiger partial charge in [-0.1, -0.05) is 29.6 Å². The van der Waals surface area contributed by atoms with Crippen molar-refractivity contribution in [2.75, 3.05) is 12.0 Å². The van der Waals surface area contributed by atoms with Crippen LogP contribution in [0.3, 0.4) is 0 Å². The molecule has 1 atom stereocenters. The van der Waals surface area contributed by atoms with Crippen LogP contribution in [0.1, 0.15) is 6.42 Å². The number of rotatable bonds is 5. The Labute approximate surface area is 95.6 Å². The van der Waals surface area contributed by atoms with Gasteiger partial charge >= 0.3 is 0 Å². The molecule has 0 radical (unpaired) electrons. The highest BCUT2D eigenvalue weighted by Crippen LogP contribution is 1.92. The maximum atomic E-state index is 11.7. The van der Waals surface area contributed by atoms with Gasteiger partial charge in [-0.3, -0.25) is 9.59 Å². The largest absolute Gasteiger partial charge is 0.370 e. The zero-order valence-corrected chi connectivity index (χ0v) is 10.1. The Bertz CT molecular complexity index is 370. The predicted molar refractivity (Wildman–Crippen MR) is 63.4 cm³/mol. The van der Waals surface area contributed by atoms with Crippen molar-refractivity contribution in [3.8, 4) is 0 Å². The highest BCUT2D eigenvalue weighted by molar-refractivity contribution is 6.57. The molecule has 0 fully saturated rings. The van der Waals surface area contributed by atoms with E-state index >= 15 is 0 Å². The highest BCUT2D eigenvalue weighted by atomic mass is 28.2. The second kappa shape index (κ2) is 6.14. The van der Waals surface area contributed by atoms with Crippen LogP contribution in [-0.4, -0.2) is 33.5 Å². The van der Waals surface area contributed by atoms with E-state index in [9.17, 15) is 9.59 Å². The van der Waals surface area contributed by atoms with E-state index in [0.29, 0.717) is 0 Å². The molecule has 2 amide bonds. The Morgan fingerprint density at radius 3 is 2.44 bits per heavy atom. The smallest absolute Gasteiger partial charge is 0.233 e. The van der Waals surface area contributed by atoms with E-state index in [1.54, 1.807) is 7.05 Å². The van der Waals surface area contributed by atoms with Gasteiger partial charge in [-0.15, -0.1) is 0 Å². The van der Waals surface area contributed by atoms with Gasteiger partial charge in [0.25, 0.3) is 0 Å². The van der Waals surface area contributed by atoms with Gasteiger partial charge in [0.2, 0.25) is 11.8 Å². The zero-order chi connectivity index (χ0) is 12.0. The lowest BCUT2D eigenvalue weighted by atomic mass is 10.2. The summed E-state index contributed by atoms with van der Waals surface area (Å²) in [7, 11) is 0.509. The molecule has 5 nitrogen and oxygen atoms in total. The Morgan fingerprint density at radius 1 is 1.31 bits per heavy atom. The fourth-order valence-electron chi connectivity index (χ4n) is 1.28. The minimum Gasteiger partial charge on any atom is -0.370 e. The summed E-state index contributed by atoms with van der Waals surface area (Å²) in [6, 6.07) is 5.15. The van der Waals surface area contributed by atoms with Gasteiger partial charge in [-0.05, 0) is 7.05 Å². The maximum Gasteiger partial charge on any atom is 0.233 e. The van der Waals surface area contributed by atoms with Crippen LogP contribution in [0.2, 0.25) is 0 Å². The van der Waals surface area contributed by atoms with Gasteiger partial charge in [0.1, 0.15) is 0 Å². The van der Waals surface area contributed by atoms with Crippen LogP contribution >= 0.6 is 0 Å². The summed E-state index contributed by atoms with van der Waals surface area (Å²) in [6.45, 7) is 0. The normalized spacial score (nSPS) is 11.8. The first-order chi connectivity index (χ1) is 7.63. The lowest BCUT2D eigenvalue weighted by molar-refractivity contribution is -0.123. The third-order valence-electron chi connectivity index (χ3n) is 2.11. The molecule has 0 spiro atoms. The number of nitrogens with one attached hydrogen (secondary N) is 2. The molecule has 0 aromatic carbocycles. The number of carbonyl (C=O) groups excluding carboxylic acids is 2. The van der Waals surface area contributed by atoms with Crippen molar-refractivity contribution in [2.24, 2.45) is 5.73 Å². The van der Waals surface area contributed by atoms with E-state index in [1.165, 1.54) is 0 Å². The molecule has 0 aliphatic heterocycles. The molecule has 1 heterocycles. The second-order valence-corrected chi connectivity index (χ2v) is 5.19. The standard InChI is InChI=1S/C10H15N3O2Si/c1-12-8(7-9(11)14)10(15)13-16-5-3-2-4-6-16/h2-6,8,12H,7H2,1H3,(H2,11,14)(H,13,15)/t8-/m1/s1. The van der Waals surface area contributed by atoms with Crippen molar-refractivity contribution in [3.05, 3.63) is 29.6 Å². The number of amides is 2. The van der Waals surface area contributed by atoms with E-state index in [4.69, 9.17) is 5.73 Å². The number of hydrogen-bond acceptors (Lipinski definition) is 3. The van der Waals surface area contributed by atoms with Crippen LogP contribution in [0.15, 0.2) is 29.6 Å². The average molecular weight is 237 g/mol. The number of nitrogens with two attached hydrogens (primary N) is 1. The van der Waals surface area contributed by atoms with Gasteiger partial charge in [0.15, 0.2) is 8.56 Å². The molecule has 16 heavy (non-hydrogen) atoms. The van der Waals surface area contributed by atoms with Gasteiger partial charge in [0.05, 0.1) is 12.5 Å². The number of primary amides is 1. The first kappa shape index (κ1) is 12.5. The molecule has 0 aliphatic rings. The third kappa shape index (κ3) is 3.91. The van der Waals surface area contributed by atoms with Crippen LogP contribution in [0.5, 0.6) is 0 Å². The fourth-order valence-corrected chi connectivity index (χ4v) is 2.65. The number of likely N-dealkylation sites (N-methyl/N-ethyl adjacent to an activating group) is 1. The molecule has 0 unspecified atom stereocenters. The van der Waals surface area contributed by atoms with Crippen LogP contribution in [-0.2, 0) is 9.59 Å². The summed E-state index contributed by atoms with van der Waals surface area (Å²) in [4.78, 5) is 25.4. The summed E-state index contributed by atoms with van der Waals surface area (Å²) >= 11 is 0. The zero-order valence-electron chi connectivity index (χ0n) is 9.07. The van der Waals surface area contributed by atoms with Crippen molar-refractivity contribution in [1.82, 2.24) is 5.32 Å². The van der Waals surface area contributed by atoms with E-state index in [-0.39, 0.29) is 12.3 Å². The monoisotopic (exact) mass is 237 g/mol. The molecule has 1 aromatic heterocycles. The summed E-state index contributed by atoms with van der Waals surface area (Å²) in [5.74, 6) is -0.679. The lowest BCUT2D eigenvalue weighted by Crippen LogP contribution is -2.44. The summed E-state index contributed by atoms with van der Waals surface area (Å²) < 4.78 is 0. The average Bonchev–Trinajstić information content (AvgIpc) is 2.26. The predicted octanol–water partition coefficient (Wildman–Crippen LogP) is -0.754. The molecule has 0 saturated carbocycles. The van der Waals surface area contributed by atoms with Crippen LogP contribution in [0.25, 0.3) is 0 Å². The van der Waals surface area contributed by atoms with Crippen LogP contribution in [0.4, 0.5) is 0 Å². The van der Waals surface area contributed by atoms with E-state index in [1.807, 2.05) is 29.6 Å². The highest BCUT2D eigenvalue weighted by Gasteiger charge is 2.18. The second-order valence-electron chi connectivity index (χ2n) is 3.37. The van der Waals surface area contributed by atoms with Crippen molar-refractivity contribution < 1.29 is 9.59 Å². The first-order valence-electron chi connectivity index (χ1n) is 4.95. The van der Waals surface area contributed by atoms with Crippen molar-refractivity contribution >= 4 is 20.4 Å². The van der Waals surface area contributed by atoms with Gasteiger partial charge in [-0.25, -0.2) is 0 Å². The molecule has 0 saturated heterocycles. The van der Waals surface area contributed by atoms with E-state index < -0.39 is 20.5 Å². The van der Waals surface area contributed by atoms with E-state index in [2.05, 4.69) is 10.3 Å². The fraction of sp³-hybridized carbons (Fsp3) is 0.300. The summed E-state index contributed by atoms with van der Waals surface area (Å²) in [5.41, 5.74) is 8.97. The summed E-state index contributed by atoms with van der Waals surface area (Å²) in [5, 5.41) is 2.77. The SMILES string of the molecule is CN[C@H](CC(N)=O)C(=O)N[si]1ccccc1. The molecule has 1 aromatic rings. The van der Waals surface area contributed by atoms with Crippen LogP contribution in [0, 0.1) is 0 Å². The molecule has 0 aliphatic carbocycles. The number of carbonyl (C=O) groups is 2. The van der Waals surface area contributed by atoms with Gasteiger partial charge < -0.3 is 16.0 Å².